The van der Waals surface area contributed by atoms with E-state index in [0.717, 1.165) is 31.1 Å². The number of thiophene rings is 1. The van der Waals surface area contributed by atoms with E-state index >= 15 is 0 Å². The molecule has 3 heterocycles. The van der Waals surface area contributed by atoms with Gasteiger partial charge in [-0.25, -0.2) is 0 Å². The summed E-state index contributed by atoms with van der Waals surface area (Å²) in [5.74, 6) is 0.618. The zero-order valence-corrected chi connectivity index (χ0v) is 11.5. The molecule has 0 N–H and O–H groups in total. The van der Waals surface area contributed by atoms with Gasteiger partial charge < -0.3 is 14.3 Å². The number of piperazine rings is 1. The van der Waals surface area contributed by atoms with Gasteiger partial charge in [-0.05, 0) is 18.5 Å². The Morgan fingerprint density at radius 2 is 2.16 bits per heavy atom. The molecule has 0 atom stereocenters. The third kappa shape index (κ3) is 2.54. The fourth-order valence-corrected chi connectivity index (χ4v) is 2.76. The van der Waals surface area contributed by atoms with E-state index in [1.165, 1.54) is 0 Å². The molecular weight excluding hydrogens is 262 g/mol. The van der Waals surface area contributed by atoms with Crippen LogP contribution in [0.3, 0.4) is 0 Å². The van der Waals surface area contributed by atoms with Crippen molar-refractivity contribution in [1.29, 1.82) is 0 Å². The van der Waals surface area contributed by atoms with Gasteiger partial charge >= 0.3 is 0 Å². The SMILES string of the molecule is CN1CCN(C(=O)c2cc(-c3cccs3)on2)CC1. The van der Waals surface area contributed by atoms with Gasteiger partial charge in [0.1, 0.15) is 0 Å². The average Bonchev–Trinajstić information content (AvgIpc) is 3.10. The van der Waals surface area contributed by atoms with E-state index < -0.39 is 0 Å². The summed E-state index contributed by atoms with van der Waals surface area (Å²) in [7, 11) is 2.06. The zero-order valence-electron chi connectivity index (χ0n) is 10.7. The number of aromatic nitrogens is 1. The van der Waals surface area contributed by atoms with Crippen molar-refractivity contribution >= 4 is 17.2 Å². The minimum atomic E-state index is -0.0420. The molecule has 0 spiro atoms. The van der Waals surface area contributed by atoms with Gasteiger partial charge in [0, 0.05) is 32.2 Å². The standard InChI is InChI=1S/C13H15N3O2S/c1-15-4-6-16(7-5-15)13(17)10-9-11(18-14-10)12-3-2-8-19-12/h2-3,8-9H,4-7H2,1H3. The Bertz CT molecular complexity index is 556. The molecule has 0 saturated carbocycles. The molecule has 6 heteroatoms. The summed E-state index contributed by atoms with van der Waals surface area (Å²) < 4.78 is 5.24. The van der Waals surface area contributed by atoms with Crippen molar-refractivity contribution in [1.82, 2.24) is 15.0 Å². The van der Waals surface area contributed by atoms with Gasteiger partial charge in [0.15, 0.2) is 11.5 Å². The van der Waals surface area contributed by atoms with Crippen molar-refractivity contribution < 1.29 is 9.32 Å². The number of amides is 1. The number of nitrogens with zero attached hydrogens (tertiary/aromatic N) is 3. The first-order chi connectivity index (χ1) is 9.24. The quantitative estimate of drug-likeness (QED) is 0.839. The van der Waals surface area contributed by atoms with Gasteiger partial charge in [-0.1, -0.05) is 11.2 Å². The van der Waals surface area contributed by atoms with Gasteiger partial charge in [0.2, 0.25) is 0 Å². The predicted molar refractivity (Wildman–Crippen MR) is 73.2 cm³/mol. The molecule has 0 radical (unpaired) electrons. The molecule has 0 unspecified atom stereocenters. The second kappa shape index (κ2) is 5.14. The maximum Gasteiger partial charge on any atom is 0.276 e. The summed E-state index contributed by atoms with van der Waals surface area (Å²) in [4.78, 5) is 17.3. The lowest BCUT2D eigenvalue weighted by Crippen LogP contribution is -2.47. The van der Waals surface area contributed by atoms with Crippen LogP contribution in [0.4, 0.5) is 0 Å². The van der Waals surface area contributed by atoms with Crippen molar-refractivity contribution in [2.45, 2.75) is 0 Å². The van der Waals surface area contributed by atoms with Crippen LogP contribution in [0.15, 0.2) is 28.1 Å². The first-order valence-corrected chi connectivity index (χ1v) is 7.10. The summed E-state index contributed by atoms with van der Waals surface area (Å²) in [5, 5.41) is 5.87. The largest absolute Gasteiger partial charge is 0.355 e. The molecule has 19 heavy (non-hydrogen) atoms. The molecule has 1 aliphatic heterocycles. The highest BCUT2D eigenvalue weighted by molar-refractivity contribution is 7.13. The fraction of sp³-hybridized carbons (Fsp3) is 0.385. The van der Waals surface area contributed by atoms with Crippen LogP contribution in [0.1, 0.15) is 10.5 Å². The Kier molecular flexibility index (Phi) is 3.35. The highest BCUT2D eigenvalue weighted by Crippen LogP contribution is 2.25. The number of carbonyl (C=O) groups excluding carboxylic acids is 1. The molecule has 3 rings (SSSR count). The minimum Gasteiger partial charge on any atom is -0.355 e. The van der Waals surface area contributed by atoms with Gasteiger partial charge in [-0.2, -0.15) is 0 Å². The van der Waals surface area contributed by atoms with Crippen LogP contribution in [-0.4, -0.2) is 54.1 Å². The number of hydrogen-bond donors (Lipinski definition) is 0. The van der Waals surface area contributed by atoms with Crippen molar-refractivity contribution in [3.63, 3.8) is 0 Å². The molecule has 100 valence electrons. The highest BCUT2D eigenvalue weighted by Gasteiger charge is 2.23. The van der Waals surface area contributed by atoms with Crippen LogP contribution in [0.2, 0.25) is 0 Å². The smallest absolute Gasteiger partial charge is 0.276 e. The van der Waals surface area contributed by atoms with Gasteiger partial charge in [-0.15, -0.1) is 11.3 Å². The molecule has 5 nitrogen and oxygen atoms in total. The van der Waals surface area contributed by atoms with Crippen LogP contribution < -0.4 is 0 Å². The first kappa shape index (κ1) is 12.4. The van der Waals surface area contributed by atoms with Crippen molar-refractivity contribution in [2.75, 3.05) is 33.2 Å². The van der Waals surface area contributed by atoms with E-state index in [9.17, 15) is 4.79 Å². The summed E-state index contributed by atoms with van der Waals surface area (Å²) in [5.41, 5.74) is 0.396. The molecular formula is C13H15N3O2S. The number of rotatable bonds is 2. The summed E-state index contributed by atoms with van der Waals surface area (Å²) in [6, 6.07) is 5.63. The molecule has 0 aromatic carbocycles. The van der Waals surface area contributed by atoms with Crippen molar-refractivity contribution in [2.24, 2.45) is 0 Å². The molecule has 1 fully saturated rings. The third-order valence-electron chi connectivity index (χ3n) is 3.28. The monoisotopic (exact) mass is 277 g/mol. The summed E-state index contributed by atoms with van der Waals surface area (Å²) in [6.45, 7) is 3.30. The van der Waals surface area contributed by atoms with Gasteiger partial charge in [0.05, 0.1) is 4.88 Å². The maximum absolute atomic E-state index is 12.3. The van der Waals surface area contributed by atoms with Crippen LogP contribution in [0.25, 0.3) is 10.6 Å². The van der Waals surface area contributed by atoms with E-state index in [2.05, 4.69) is 17.1 Å². The normalized spacial score (nSPS) is 16.8. The van der Waals surface area contributed by atoms with E-state index in [4.69, 9.17) is 4.52 Å². The van der Waals surface area contributed by atoms with Crippen LogP contribution in [-0.2, 0) is 0 Å². The van der Waals surface area contributed by atoms with Crippen molar-refractivity contribution in [3.8, 4) is 10.6 Å². The first-order valence-electron chi connectivity index (χ1n) is 6.22. The van der Waals surface area contributed by atoms with Crippen LogP contribution in [0, 0.1) is 0 Å². The second-order valence-corrected chi connectivity index (χ2v) is 5.60. The fourth-order valence-electron chi connectivity index (χ4n) is 2.08. The Labute approximate surface area is 115 Å². The minimum absolute atomic E-state index is 0.0420. The van der Waals surface area contributed by atoms with Crippen LogP contribution >= 0.6 is 11.3 Å². The number of carbonyl (C=O) groups is 1. The van der Waals surface area contributed by atoms with E-state index in [0.29, 0.717) is 11.5 Å². The Hall–Kier alpha value is -1.66. The topological polar surface area (TPSA) is 49.6 Å². The van der Waals surface area contributed by atoms with E-state index in [1.807, 2.05) is 22.4 Å². The molecule has 1 amide bonds. The van der Waals surface area contributed by atoms with Gasteiger partial charge in [0.25, 0.3) is 5.91 Å². The Balaban J connectivity index is 1.74. The lowest BCUT2D eigenvalue weighted by Gasteiger charge is -2.31. The molecule has 1 saturated heterocycles. The third-order valence-corrected chi connectivity index (χ3v) is 4.17. The van der Waals surface area contributed by atoms with E-state index in [1.54, 1.807) is 17.4 Å². The number of likely N-dealkylation sites (N-methyl/N-ethyl adjacent to an activating group) is 1. The Morgan fingerprint density at radius 1 is 1.37 bits per heavy atom. The maximum atomic E-state index is 12.3. The molecule has 1 aliphatic rings. The molecule has 2 aromatic rings. The highest BCUT2D eigenvalue weighted by atomic mass is 32.1. The number of hydrogen-bond acceptors (Lipinski definition) is 5. The summed E-state index contributed by atoms with van der Waals surface area (Å²) in [6.07, 6.45) is 0. The predicted octanol–water partition coefficient (Wildman–Crippen LogP) is 1.79. The molecule has 0 aliphatic carbocycles. The van der Waals surface area contributed by atoms with Crippen LogP contribution in [0.5, 0.6) is 0 Å². The molecule has 2 aromatic heterocycles. The van der Waals surface area contributed by atoms with E-state index in [-0.39, 0.29) is 5.91 Å². The lowest BCUT2D eigenvalue weighted by molar-refractivity contribution is 0.0654. The lowest BCUT2D eigenvalue weighted by atomic mass is 10.2. The summed E-state index contributed by atoms with van der Waals surface area (Å²) >= 11 is 1.57. The van der Waals surface area contributed by atoms with Gasteiger partial charge in [-0.3, -0.25) is 4.79 Å². The van der Waals surface area contributed by atoms with Crippen molar-refractivity contribution in [3.05, 3.63) is 29.3 Å². The molecule has 0 bridgehead atoms. The second-order valence-electron chi connectivity index (χ2n) is 4.65. The zero-order chi connectivity index (χ0) is 13.2. The average molecular weight is 277 g/mol. The Morgan fingerprint density at radius 3 is 2.84 bits per heavy atom.